The Morgan fingerprint density at radius 3 is 2.20 bits per heavy atom. The molecule has 3 aromatic rings. The van der Waals surface area contributed by atoms with Crippen LogP contribution in [0, 0.1) is 6.92 Å². The van der Waals surface area contributed by atoms with Crippen molar-refractivity contribution in [2.24, 2.45) is 0 Å². The van der Waals surface area contributed by atoms with Crippen molar-refractivity contribution in [3.05, 3.63) is 89.5 Å². The van der Waals surface area contributed by atoms with Gasteiger partial charge >= 0.3 is 0 Å². The van der Waals surface area contributed by atoms with E-state index in [0.717, 1.165) is 16.7 Å². The molecule has 0 saturated carbocycles. The molecule has 0 heterocycles. The Kier molecular flexibility index (Phi) is 7.13. The van der Waals surface area contributed by atoms with E-state index in [1.807, 2.05) is 55.5 Å². The highest BCUT2D eigenvalue weighted by molar-refractivity contribution is 7.86. The highest BCUT2D eigenvalue weighted by Gasteiger charge is 2.21. The number of methoxy groups -OCH3 is 2. The summed E-state index contributed by atoms with van der Waals surface area (Å²) in [5.41, 5.74) is 2.99. The monoisotopic (exact) mass is 426 g/mol. The molecule has 5 nitrogen and oxygen atoms in total. The molecule has 3 rings (SSSR count). The molecule has 3 aromatic carbocycles. The van der Waals surface area contributed by atoms with Crippen LogP contribution < -0.4 is 9.47 Å². The SMILES string of the molecule is COc1ccc(C(CCOS(=O)(=O)c2ccc(C)cc2)c2ccccc2)c(OC)c1. The highest BCUT2D eigenvalue weighted by atomic mass is 32.2. The van der Waals surface area contributed by atoms with Crippen molar-refractivity contribution < 1.29 is 22.1 Å². The fraction of sp³-hybridized carbons (Fsp3) is 0.250. The Morgan fingerprint density at radius 1 is 0.867 bits per heavy atom. The van der Waals surface area contributed by atoms with Crippen LogP contribution in [-0.4, -0.2) is 29.2 Å². The van der Waals surface area contributed by atoms with Crippen LogP contribution in [0.25, 0.3) is 0 Å². The smallest absolute Gasteiger partial charge is 0.296 e. The Labute approximate surface area is 178 Å². The minimum Gasteiger partial charge on any atom is -0.497 e. The molecule has 0 N–H and O–H groups in total. The second-order valence-corrected chi connectivity index (χ2v) is 8.56. The topological polar surface area (TPSA) is 61.8 Å². The molecule has 6 heteroatoms. The first-order valence-electron chi connectivity index (χ1n) is 9.67. The summed E-state index contributed by atoms with van der Waals surface area (Å²) in [6.45, 7) is 1.95. The molecule has 0 amide bonds. The summed E-state index contributed by atoms with van der Waals surface area (Å²) in [6.07, 6.45) is 0.470. The van der Waals surface area contributed by atoms with E-state index >= 15 is 0 Å². The molecular formula is C24H26O5S. The van der Waals surface area contributed by atoms with Gasteiger partial charge in [0.2, 0.25) is 0 Å². The first-order chi connectivity index (χ1) is 14.4. The second kappa shape index (κ2) is 9.78. The number of aryl methyl sites for hydroxylation is 1. The zero-order valence-corrected chi connectivity index (χ0v) is 18.2. The minimum absolute atomic E-state index is 0.0466. The molecule has 0 aliphatic heterocycles. The van der Waals surface area contributed by atoms with E-state index in [4.69, 9.17) is 13.7 Å². The van der Waals surface area contributed by atoms with Crippen molar-refractivity contribution in [3.63, 3.8) is 0 Å². The van der Waals surface area contributed by atoms with Crippen LogP contribution in [0.2, 0.25) is 0 Å². The van der Waals surface area contributed by atoms with Gasteiger partial charge in [0, 0.05) is 17.5 Å². The van der Waals surface area contributed by atoms with Gasteiger partial charge in [0.15, 0.2) is 0 Å². The third kappa shape index (κ3) is 5.20. The summed E-state index contributed by atoms with van der Waals surface area (Å²) in [4.78, 5) is 0.159. The van der Waals surface area contributed by atoms with Crippen LogP contribution in [-0.2, 0) is 14.3 Å². The zero-order chi connectivity index (χ0) is 21.6. The second-order valence-electron chi connectivity index (χ2n) is 6.95. The summed E-state index contributed by atoms with van der Waals surface area (Å²) in [5.74, 6) is 1.28. The van der Waals surface area contributed by atoms with Crippen LogP contribution in [0.3, 0.4) is 0 Å². The van der Waals surface area contributed by atoms with Gasteiger partial charge in [-0.05, 0) is 37.1 Å². The molecule has 0 radical (unpaired) electrons. The molecular weight excluding hydrogens is 400 g/mol. The van der Waals surface area contributed by atoms with Gasteiger partial charge in [-0.2, -0.15) is 8.42 Å². The lowest BCUT2D eigenvalue weighted by Crippen LogP contribution is -2.12. The molecule has 0 bridgehead atoms. The van der Waals surface area contributed by atoms with Gasteiger partial charge in [-0.25, -0.2) is 0 Å². The van der Waals surface area contributed by atoms with E-state index in [-0.39, 0.29) is 17.4 Å². The predicted octanol–water partition coefficient (Wildman–Crippen LogP) is 4.94. The first kappa shape index (κ1) is 21.9. The maximum absolute atomic E-state index is 12.5. The van der Waals surface area contributed by atoms with E-state index in [9.17, 15) is 8.42 Å². The molecule has 1 unspecified atom stereocenters. The van der Waals surface area contributed by atoms with E-state index in [2.05, 4.69) is 0 Å². The maximum Gasteiger partial charge on any atom is 0.296 e. The third-order valence-electron chi connectivity index (χ3n) is 4.97. The molecule has 0 aromatic heterocycles. The van der Waals surface area contributed by atoms with Crippen LogP contribution in [0.4, 0.5) is 0 Å². The standard InChI is InChI=1S/C24H26O5S/c1-18-9-12-21(13-10-18)30(25,26)29-16-15-22(19-7-5-4-6-8-19)23-14-11-20(27-2)17-24(23)28-3/h4-14,17,22H,15-16H2,1-3H3. The normalized spacial score (nSPS) is 12.4. The summed E-state index contributed by atoms with van der Waals surface area (Å²) >= 11 is 0. The molecule has 0 aliphatic rings. The molecule has 158 valence electrons. The summed E-state index contributed by atoms with van der Waals surface area (Å²) < 4.78 is 41.3. The largest absolute Gasteiger partial charge is 0.497 e. The Morgan fingerprint density at radius 2 is 1.57 bits per heavy atom. The van der Waals surface area contributed by atoms with E-state index in [1.165, 1.54) is 0 Å². The van der Waals surface area contributed by atoms with Crippen molar-refractivity contribution >= 4 is 10.1 Å². The molecule has 0 saturated heterocycles. The predicted molar refractivity (Wildman–Crippen MR) is 117 cm³/mol. The third-order valence-corrected chi connectivity index (χ3v) is 6.30. The van der Waals surface area contributed by atoms with E-state index in [0.29, 0.717) is 17.9 Å². The molecule has 0 fully saturated rings. The number of benzene rings is 3. The van der Waals surface area contributed by atoms with Gasteiger partial charge in [-0.1, -0.05) is 54.1 Å². The Balaban J connectivity index is 1.84. The number of hydrogen-bond acceptors (Lipinski definition) is 5. The Bertz CT molecular complexity index is 1060. The fourth-order valence-electron chi connectivity index (χ4n) is 3.34. The fourth-order valence-corrected chi connectivity index (χ4v) is 4.26. The maximum atomic E-state index is 12.5. The van der Waals surface area contributed by atoms with E-state index in [1.54, 1.807) is 38.5 Å². The van der Waals surface area contributed by atoms with Crippen molar-refractivity contribution in [2.45, 2.75) is 24.2 Å². The van der Waals surface area contributed by atoms with Gasteiger partial charge in [0.05, 0.1) is 25.7 Å². The summed E-state index contributed by atoms with van der Waals surface area (Å²) in [5, 5.41) is 0. The average Bonchev–Trinajstić information content (AvgIpc) is 2.77. The molecule has 30 heavy (non-hydrogen) atoms. The van der Waals surface area contributed by atoms with Crippen LogP contribution in [0.15, 0.2) is 77.7 Å². The summed E-state index contributed by atoms with van der Waals surface area (Å²) in [6, 6.07) is 22.2. The van der Waals surface area contributed by atoms with Crippen molar-refractivity contribution in [1.29, 1.82) is 0 Å². The average molecular weight is 427 g/mol. The van der Waals surface area contributed by atoms with Crippen LogP contribution in [0.5, 0.6) is 11.5 Å². The van der Waals surface area contributed by atoms with Crippen LogP contribution in [0.1, 0.15) is 29.0 Å². The zero-order valence-electron chi connectivity index (χ0n) is 17.4. The first-order valence-corrected chi connectivity index (χ1v) is 11.1. The molecule has 1 atom stereocenters. The van der Waals surface area contributed by atoms with Gasteiger partial charge in [0.25, 0.3) is 10.1 Å². The van der Waals surface area contributed by atoms with Gasteiger partial charge in [0.1, 0.15) is 11.5 Å². The lowest BCUT2D eigenvalue weighted by molar-refractivity contribution is 0.304. The number of ether oxygens (including phenoxy) is 2. The Hall–Kier alpha value is -2.83. The lowest BCUT2D eigenvalue weighted by Gasteiger charge is -2.21. The van der Waals surface area contributed by atoms with Crippen molar-refractivity contribution in [2.75, 3.05) is 20.8 Å². The van der Waals surface area contributed by atoms with Crippen molar-refractivity contribution in [1.82, 2.24) is 0 Å². The number of rotatable bonds is 9. The van der Waals surface area contributed by atoms with Crippen molar-refractivity contribution in [3.8, 4) is 11.5 Å². The highest BCUT2D eigenvalue weighted by Crippen LogP contribution is 2.36. The number of hydrogen-bond donors (Lipinski definition) is 0. The quantitative estimate of drug-likeness (QED) is 0.454. The molecule has 0 spiro atoms. The van der Waals surface area contributed by atoms with Crippen LogP contribution >= 0.6 is 0 Å². The minimum atomic E-state index is -3.81. The molecule has 0 aliphatic carbocycles. The summed E-state index contributed by atoms with van der Waals surface area (Å²) in [7, 11) is -0.601. The van der Waals surface area contributed by atoms with Gasteiger partial charge < -0.3 is 9.47 Å². The lowest BCUT2D eigenvalue weighted by atomic mass is 9.88. The van der Waals surface area contributed by atoms with Gasteiger partial charge in [-0.15, -0.1) is 0 Å². The van der Waals surface area contributed by atoms with Gasteiger partial charge in [-0.3, -0.25) is 4.18 Å². The van der Waals surface area contributed by atoms with E-state index < -0.39 is 10.1 Å².